The zero-order chi connectivity index (χ0) is 18.7. The second-order valence-corrected chi connectivity index (χ2v) is 7.02. The molecule has 7 nitrogen and oxygen atoms in total. The van der Waals surface area contributed by atoms with Gasteiger partial charge in [0.25, 0.3) is 0 Å². The van der Waals surface area contributed by atoms with Crippen LogP contribution in [0.2, 0.25) is 6.32 Å². The molecule has 1 atom stereocenters. The number of rotatable bonds is 6. The second kappa shape index (κ2) is 7.45. The lowest BCUT2D eigenvalue weighted by Gasteiger charge is -2.32. The van der Waals surface area contributed by atoms with Gasteiger partial charge < -0.3 is 24.5 Å². The summed E-state index contributed by atoms with van der Waals surface area (Å²) in [5, 5.41) is 11.7. The van der Waals surface area contributed by atoms with Gasteiger partial charge in [-0.3, -0.25) is 4.79 Å². The number of aliphatic carboxylic acids is 1. The van der Waals surface area contributed by atoms with Gasteiger partial charge in [0, 0.05) is 6.32 Å². The topological polar surface area (TPSA) is 94.1 Å². The molecular weight excluding hydrogens is 325 g/mol. The van der Waals surface area contributed by atoms with Crippen molar-refractivity contribution in [1.29, 1.82) is 0 Å². The average Bonchev–Trinajstić information content (AvgIpc) is 2.72. The van der Waals surface area contributed by atoms with E-state index in [1.807, 2.05) is 58.0 Å². The average molecular weight is 349 g/mol. The molecule has 25 heavy (non-hydrogen) atoms. The first kappa shape index (κ1) is 19.3. The van der Waals surface area contributed by atoms with Gasteiger partial charge in [-0.25, -0.2) is 4.79 Å². The van der Waals surface area contributed by atoms with Crippen LogP contribution >= 0.6 is 0 Å². The Balaban J connectivity index is 1.89. The molecule has 1 aromatic rings. The third-order valence-electron chi connectivity index (χ3n) is 4.53. The Kier molecular flexibility index (Phi) is 5.74. The van der Waals surface area contributed by atoms with Crippen molar-refractivity contribution in [2.24, 2.45) is 0 Å². The number of hydrogen-bond donors (Lipinski definition) is 2. The maximum atomic E-state index is 11.9. The predicted octanol–water partition coefficient (Wildman–Crippen LogP) is 2.46. The molecule has 1 unspecified atom stereocenters. The van der Waals surface area contributed by atoms with Crippen molar-refractivity contribution in [2.75, 3.05) is 0 Å². The maximum Gasteiger partial charge on any atom is 0.460 e. The van der Waals surface area contributed by atoms with Gasteiger partial charge in [0.1, 0.15) is 12.6 Å². The van der Waals surface area contributed by atoms with E-state index in [1.54, 1.807) is 0 Å². The zero-order valence-corrected chi connectivity index (χ0v) is 14.9. The summed E-state index contributed by atoms with van der Waals surface area (Å²) >= 11 is 0. The molecule has 1 aliphatic rings. The van der Waals surface area contributed by atoms with Crippen LogP contribution in [0.3, 0.4) is 0 Å². The summed E-state index contributed by atoms with van der Waals surface area (Å²) in [7, 11) is -0.722. The van der Waals surface area contributed by atoms with E-state index in [1.165, 1.54) is 0 Å². The van der Waals surface area contributed by atoms with Crippen molar-refractivity contribution in [3.05, 3.63) is 35.9 Å². The van der Waals surface area contributed by atoms with Crippen LogP contribution in [0, 0.1) is 0 Å². The molecule has 1 heterocycles. The Labute approximate surface area is 147 Å². The van der Waals surface area contributed by atoms with E-state index in [-0.39, 0.29) is 12.9 Å². The monoisotopic (exact) mass is 349 g/mol. The minimum absolute atomic E-state index is 0.0113. The summed E-state index contributed by atoms with van der Waals surface area (Å²) in [6.45, 7) is 7.58. The molecule has 1 fully saturated rings. The van der Waals surface area contributed by atoms with Crippen molar-refractivity contribution < 1.29 is 28.7 Å². The van der Waals surface area contributed by atoms with Crippen LogP contribution in [-0.2, 0) is 25.4 Å². The van der Waals surface area contributed by atoms with Gasteiger partial charge in [-0.15, -0.1) is 0 Å². The fourth-order valence-corrected chi connectivity index (χ4v) is 2.38. The molecule has 0 bridgehead atoms. The highest BCUT2D eigenvalue weighted by atomic mass is 16.7. The Bertz CT molecular complexity index is 603. The largest absolute Gasteiger partial charge is 0.480 e. The summed E-state index contributed by atoms with van der Waals surface area (Å²) in [6, 6.07) is 7.97. The highest BCUT2D eigenvalue weighted by Crippen LogP contribution is 2.37. The first-order chi connectivity index (χ1) is 11.6. The van der Waals surface area contributed by atoms with Crippen LogP contribution in [0.4, 0.5) is 4.79 Å². The van der Waals surface area contributed by atoms with Crippen molar-refractivity contribution in [3.63, 3.8) is 0 Å². The molecule has 0 aliphatic carbocycles. The van der Waals surface area contributed by atoms with Gasteiger partial charge in [-0.2, -0.15) is 0 Å². The van der Waals surface area contributed by atoms with Crippen molar-refractivity contribution in [1.82, 2.24) is 5.32 Å². The number of alkyl carbamates (subject to hydrolysis) is 1. The zero-order valence-electron chi connectivity index (χ0n) is 14.9. The number of hydrogen-bond acceptors (Lipinski definition) is 5. The van der Waals surface area contributed by atoms with Gasteiger partial charge in [0.15, 0.2) is 0 Å². The molecule has 0 radical (unpaired) electrons. The summed E-state index contributed by atoms with van der Waals surface area (Å²) in [5.74, 6) is -1.17. The number of ether oxygens (including phenoxy) is 1. The summed E-state index contributed by atoms with van der Waals surface area (Å²) in [5.41, 5.74) is -0.307. The highest BCUT2D eigenvalue weighted by Gasteiger charge is 2.52. The Hall–Kier alpha value is -2.06. The maximum absolute atomic E-state index is 11.9. The third-order valence-corrected chi connectivity index (χ3v) is 4.53. The van der Waals surface area contributed by atoms with E-state index in [0.717, 1.165) is 5.56 Å². The molecule has 2 rings (SSSR count). The molecule has 1 aliphatic heterocycles. The third kappa shape index (κ3) is 4.96. The van der Waals surface area contributed by atoms with Gasteiger partial charge in [0.05, 0.1) is 11.2 Å². The number of nitrogens with one attached hydrogen (secondary N) is 1. The van der Waals surface area contributed by atoms with Gasteiger partial charge >= 0.3 is 19.2 Å². The number of amides is 1. The van der Waals surface area contributed by atoms with Crippen molar-refractivity contribution in [2.45, 2.75) is 57.9 Å². The standard InChI is InChI=1S/C17H24BNO6/c1-16(2)17(3,4)25-18(24-16)10-13(14(20)21)19-15(22)23-11-12-8-6-5-7-9-12/h5-9,13H,10-11H2,1-4H3,(H,19,22)(H,20,21). The van der Waals surface area contributed by atoms with Crippen LogP contribution in [0.5, 0.6) is 0 Å². The molecule has 1 amide bonds. The Morgan fingerprint density at radius 3 is 2.24 bits per heavy atom. The lowest BCUT2D eigenvalue weighted by molar-refractivity contribution is -0.139. The van der Waals surface area contributed by atoms with Crippen LogP contribution in [0.15, 0.2) is 30.3 Å². The lowest BCUT2D eigenvalue weighted by Crippen LogP contribution is -2.44. The molecule has 136 valence electrons. The Morgan fingerprint density at radius 2 is 1.72 bits per heavy atom. The van der Waals surface area contributed by atoms with Gasteiger partial charge in [-0.1, -0.05) is 30.3 Å². The molecule has 0 aromatic heterocycles. The van der Waals surface area contributed by atoms with E-state index in [2.05, 4.69) is 5.32 Å². The number of benzene rings is 1. The quantitative estimate of drug-likeness (QED) is 0.767. The number of carboxylic acid groups (broad SMARTS) is 1. The summed E-state index contributed by atoms with van der Waals surface area (Å²) in [6.07, 6.45) is -0.810. The van der Waals surface area contributed by atoms with E-state index < -0.39 is 36.4 Å². The van der Waals surface area contributed by atoms with E-state index >= 15 is 0 Å². The summed E-state index contributed by atoms with van der Waals surface area (Å²) in [4.78, 5) is 23.3. The smallest absolute Gasteiger partial charge is 0.460 e. The fourth-order valence-electron chi connectivity index (χ4n) is 2.38. The number of carbonyl (C=O) groups is 2. The molecule has 1 saturated heterocycles. The van der Waals surface area contributed by atoms with Crippen LogP contribution in [0.25, 0.3) is 0 Å². The summed E-state index contributed by atoms with van der Waals surface area (Å²) < 4.78 is 16.6. The van der Waals surface area contributed by atoms with Crippen LogP contribution < -0.4 is 5.32 Å². The minimum Gasteiger partial charge on any atom is -0.480 e. The molecule has 1 aromatic carbocycles. The lowest BCUT2D eigenvalue weighted by atomic mass is 9.80. The van der Waals surface area contributed by atoms with Crippen molar-refractivity contribution >= 4 is 19.2 Å². The normalized spacial score (nSPS) is 19.3. The first-order valence-electron chi connectivity index (χ1n) is 8.16. The Morgan fingerprint density at radius 1 is 1.16 bits per heavy atom. The van der Waals surface area contributed by atoms with E-state index in [0.29, 0.717) is 0 Å². The predicted molar refractivity (Wildman–Crippen MR) is 92.1 cm³/mol. The van der Waals surface area contributed by atoms with E-state index in [4.69, 9.17) is 14.0 Å². The molecule has 8 heteroatoms. The minimum atomic E-state index is -1.17. The number of carboxylic acids is 1. The SMILES string of the molecule is CC1(C)OB(CC(NC(=O)OCc2ccccc2)C(=O)O)OC1(C)C. The number of carbonyl (C=O) groups excluding carboxylic acids is 1. The van der Waals surface area contributed by atoms with E-state index in [9.17, 15) is 14.7 Å². The van der Waals surface area contributed by atoms with Crippen molar-refractivity contribution in [3.8, 4) is 0 Å². The first-order valence-corrected chi connectivity index (χ1v) is 8.16. The molecule has 2 N–H and O–H groups in total. The molecule has 0 spiro atoms. The van der Waals surface area contributed by atoms with Gasteiger partial charge in [-0.05, 0) is 33.3 Å². The molecule has 0 saturated carbocycles. The van der Waals surface area contributed by atoms with Crippen LogP contribution in [-0.4, -0.2) is 41.5 Å². The fraction of sp³-hybridized carbons (Fsp3) is 0.529. The second-order valence-electron chi connectivity index (χ2n) is 7.02. The van der Waals surface area contributed by atoms with Crippen LogP contribution in [0.1, 0.15) is 33.3 Å². The highest BCUT2D eigenvalue weighted by molar-refractivity contribution is 6.46. The van der Waals surface area contributed by atoms with Gasteiger partial charge in [0.2, 0.25) is 0 Å². The molecular formula is C17H24BNO6.